The van der Waals surface area contributed by atoms with E-state index in [0.29, 0.717) is 5.56 Å². The lowest BCUT2D eigenvalue weighted by molar-refractivity contribution is -0.143. The van der Waals surface area contributed by atoms with Gasteiger partial charge in [-0.3, -0.25) is 71.9 Å². The molecule has 1 aromatic carbocycles. The van der Waals surface area contributed by atoms with Gasteiger partial charge in [-0.15, -0.1) is 0 Å². The molecule has 38 nitrogen and oxygen atoms in total. The monoisotopic (exact) mass is 1490 g/mol. The number of benzene rings is 1. The van der Waals surface area contributed by atoms with Crippen LogP contribution in [0.4, 0.5) is 0 Å². The first-order valence-electron chi connectivity index (χ1n) is 34.8. The van der Waals surface area contributed by atoms with Crippen LogP contribution in [0.2, 0.25) is 0 Å². The lowest BCUT2D eigenvalue weighted by Gasteiger charge is -2.30. The second kappa shape index (κ2) is 44.7. The van der Waals surface area contributed by atoms with Gasteiger partial charge in [0.15, 0.2) is 0 Å². The number of aliphatic hydroxyl groups is 1. The van der Waals surface area contributed by atoms with Crippen LogP contribution in [0.3, 0.4) is 0 Å². The van der Waals surface area contributed by atoms with Crippen LogP contribution in [0.15, 0.2) is 55.4 Å². The predicted octanol–water partition coefficient (Wildman–Crippen LogP) is -4.39. The average Bonchev–Trinajstić information content (AvgIpc) is 0.959. The van der Waals surface area contributed by atoms with E-state index in [9.17, 15) is 92.0 Å². The summed E-state index contributed by atoms with van der Waals surface area (Å²) >= 11 is 0. The van der Waals surface area contributed by atoms with Crippen molar-refractivity contribution < 1.29 is 92.0 Å². The van der Waals surface area contributed by atoms with E-state index in [1.807, 2.05) is 0 Å². The highest BCUT2D eigenvalue weighted by atomic mass is 16.4. The van der Waals surface area contributed by atoms with Crippen LogP contribution in [0, 0.1) is 23.7 Å². The van der Waals surface area contributed by atoms with Crippen molar-refractivity contribution in [3.8, 4) is 0 Å². The highest BCUT2D eigenvalue weighted by Gasteiger charge is 2.39. The van der Waals surface area contributed by atoms with Crippen molar-refractivity contribution >= 4 is 94.6 Å². The van der Waals surface area contributed by atoms with E-state index < -0.39 is 205 Å². The first-order valence-corrected chi connectivity index (χ1v) is 34.8. The van der Waals surface area contributed by atoms with E-state index in [1.54, 1.807) is 85.7 Å². The van der Waals surface area contributed by atoms with E-state index in [2.05, 4.69) is 83.7 Å². The van der Waals surface area contributed by atoms with Gasteiger partial charge >= 0.3 is 11.9 Å². The minimum Gasteiger partial charge on any atom is -0.481 e. The summed E-state index contributed by atoms with van der Waals surface area (Å²) in [4.78, 5) is 229. The van der Waals surface area contributed by atoms with Crippen LogP contribution in [0.25, 0.3) is 0 Å². The van der Waals surface area contributed by atoms with E-state index in [0.717, 1.165) is 0 Å². The van der Waals surface area contributed by atoms with Gasteiger partial charge < -0.3 is 106 Å². The number of hydrogen-bond donors (Lipinski definition) is 20. The van der Waals surface area contributed by atoms with Gasteiger partial charge in [-0.05, 0) is 75.2 Å². The summed E-state index contributed by atoms with van der Waals surface area (Å²) in [5.74, 6) is -17.8. The Morgan fingerprint density at radius 3 is 1.21 bits per heavy atom. The molecule has 0 unspecified atom stereocenters. The molecule has 2 heterocycles. The van der Waals surface area contributed by atoms with E-state index in [1.165, 1.54) is 38.9 Å². The largest absolute Gasteiger partial charge is 0.481 e. The number of rotatable bonds is 48. The highest BCUT2D eigenvalue weighted by Crippen LogP contribution is 2.16. The predicted molar refractivity (Wildman–Crippen MR) is 379 cm³/mol. The lowest BCUT2D eigenvalue weighted by Crippen LogP contribution is -2.63. The van der Waals surface area contributed by atoms with Crippen molar-refractivity contribution in [1.82, 2.24) is 83.7 Å². The number of aliphatic hydroxyl groups excluding tert-OH is 1. The fourth-order valence-electron chi connectivity index (χ4n) is 10.7. The van der Waals surface area contributed by atoms with Gasteiger partial charge in [0.1, 0.15) is 72.5 Å². The number of carbonyl (C=O) groups excluding carboxylic acids is 14. The number of aliphatic carboxylic acids is 2. The molecule has 23 N–H and O–H groups in total. The summed E-state index contributed by atoms with van der Waals surface area (Å²) in [7, 11) is 0. The van der Waals surface area contributed by atoms with E-state index >= 15 is 0 Å². The van der Waals surface area contributed by atoms with Crippen molar-refractivity contribution in [2.45, 2.75) is 225 Å². The third kappa shape index (κ3) is 32.0. The summed E-state index contributed by atoms with van der Waals surface area (Å²) in [5, 5.41) is 60.4. The van der Waals surface area contributed by atoms with Crippen molar-refractivity contribution in [2.24, 2.45) is 40.9 Å². The summed E-state index contributed by atoms with van der Waals surface area (Å²) in [6, 6.07) is -10.3. The first kappa shape index (κ1) is 89.3. The Balaban J connectivity index is 1.91. The molecule has 0 radical (unpaired) electrons. The van der Waals surface area contributed by atoms with E-state index in [-0.39, 0.29) is 86.9 Å². The molecule has 0 aliphatic rings. The quantitative estimate of drug-likeness (QED) is 0.0254. The van der Waals surface area contributed by atoms with Crippen LogP contribution >= 0.6 is 0 Å². The molecule has 106 heavy (non-hydrogen) atoms. The van der Waals surface area contributed by atoms with Crippen molar-refractivity contribution in [2.75, 3.05) is 6.54 Å². The Morgan fingerprint density at radius 1 is 0.434 bits per heavy atom. The highest BCUT2D eigenvalue weighted by molar-refractivity contribution is 6.00. The number of imidazole rings is 2. The number of amides is 14. The van der Waals surface area contributed by atoms with Gasteiger partial charge in [-0.25, -0.2) is 14.8 Å². The lowest BCUT2D eigenvalue weighted by atomic mass is 9.97. The maximum atomic E-state index is 14.6. The minimum atomic E-state index is -1.83. The molecule has 586 valence electrons. The standard InChI is InChI=1S/C68H105N19O19/c1-11-36(8)55(86-57(94)37(9)76-58(95)42(17-19-51(70)89)78-63(100)48(25-40-29-72-31-74-40)83-62(99)47(24-39-15-13-12-14-16-39)82-64(101)50(27-54(92)93)77-53(91)28-69)66(103)85-49(26-41-30-73-32-75-41)65(102)87-56(38(10)88)67(104)84-46(23-35(6)7)61(98)81-45(22-34(4)5)60(97)80-44(21-33(2)3)59(96)79-43(68(105)106)18-20-52(71)90/h12-16,29-38,42-50,55-56,88H,11,17-28,69H2,1-10H3,(H2,70,89)(H2,71,90)(H,72,74)(H,73,75)(H,76,95)(H,77,91)(H,78,100)(H,79,96)(H,80,97)(H,81,98)(H,82,101)(H,83,99)(H,84,104)(H,85,103)(H,86,94)(H,87,102)(H,92,93)(H,105,106)/t36-,37-,38+,42-,43-,44-,45-,46-,47-,48-,49-,50-,55-,56-/m0/s1. The van der Waals surface area contributed by atoms with Crippen molar-refractivity contribution in [3.63, 3.8) is 0 Å². The Kier molecular flexibility index (Phi) is 37.6. The molecule has 14 atom stereocenters. The number of nitrogens with two attached hydrogens (primary N) is 3. The SMILES string of the molecule is CC[C@H](C)[C@H](NC(=O)[C@H](C)NC(=O)[C@H](CCC(N)=O)NC(=O)[C@H](Cc1cnc[nH]1)NC(=O)[C@H](Cc1ccccc1)NC(=O)[C@H](CC(=O)O)NC(=O)CN)C(=O)N[C@@H](Cc1cnc[nH]1)C(=O)N[C@H](C(=O)N[C@@H](CC(C)C)C(=O)N[C@@H](CC(C)C)C(=O)N[C@@H](CC(C)C)C(=O)N[C@@H](CCC(N)=O)C(=O)O)[C@@H](C)O. The summed E-state index contributed by atoms with van der Waals surface area (Å²) in [5.41, 5.74) is 17.2. The molecule has 0 fully saturated rings. The van der Waals surface area contributed by atoms with Crippen molar-refractivity contribution in [1.29, 1.82) is 0 Å². The number of aromatic amines is 2. The van der Waals surface area contributed by atoms with Crippen LogP contribution in [0.5, 0.6) is 0 Å². The molecule has 3 aromatic rings. The normalized spacial score (nSPS) is 15.2. The summed E-state index contributed by atoms with van der Waals surface area (Å²) in [6.45, 7) is 15.6. The minimum absolute atomic E-state index is 0.0111. The zero-order valence-corrected chi connectivity index (χ0v) is 61.2. The molecule has 14 amide bonds. The number of aromatic nitrogens is 4. The Labute approximate surface area is 612 Å². The maximum absolute atomic E-state index is 14.6. The van der Waals surface area contributed by atoms with Gasteiger partial charge in [0.2, 0.25) is 82.7 Å². The molecular formula is C68H105N19O19. The fourth-order valence-corrected chi connectivity index (χ4v) is 10.7. The van der Waals surface area contributed by atoms with Crippen LogP contribution < -0.4 is 81.0 Å². The number of primary amides is 2. The Hall–Kier alpha value is -10.9. The second-order valence-electron chi connectivity index (χ2n) is 27.2. The number of hydrogen-bond acceptors (Lipinski definition) is 20. The van der Waals surface area contributed by atoms with Gasteiger partial charge in [-0.2, -0.15) is 0 Å². The molecule has 0 saturated carbocycles. The summed E-state index contributed by atoms with van der Waals surface area (Å²) < 4.78 is 0. The summed E-state index contributed by atoms with van der Waals surface area (Å²) in [6.07, 6.45) is 0.335. The number of carbonyl (C=O) groups is 16. The van der Waals surface area contributed by atoms with Gasteiger partial charge in [0, 0.05) is 55.9 Å². The third-order valence-corrected chi connectivity index (χ3v) is 16.6. The Bertz CT molecular complexity index is 3460. The van der Waals surface area contributed by atoms with Gasteiger partial charge in [0.25, 0.3) is 0 Å². The molecule has 0 saturated heterocycles. The van der Waals surface area contributed by atoms with Crippen LogP contribution in [-0.4, -0.2) is 215 Å². The topological polar surface area (TPSA) is 614 Å². The fraction of sp³-hybridized carbons (Fsp3) is 0.588. The maximum Gasteiger partial charge on any atom is 0.326 e. The molecule has 0 aliphatic heterocycles. The molecule has 38 heteroatoms. The smallest absolute Gasteiger partial charge is 0.326 e. The van der Waals surface area contributed by atoms with Gasteiger partial charge in [-0.1, -0.05) is 92.1 Å². The number of nitrogens with zero attached hydrogens (tertiary/aromatic N) is 2. The third-order valence-electron chi connectivity index (χ3n) is 16.6. The first-order chi connectivity index (χ1) is 49.8. The zero-order chi connectivity index (χ0) is 79.7. The van der Waals surface area contributed by atoms with Crippen LogP contribution in [0.1, 0.15) is 144 Å². The number of H-pyrrole nitrogens is 2. The van der Waals surface area contributed by atoms with E-state index in [4.69, 9.17) is 17.2 Å². The second-order valence-corrected chi connectivity index (χ2v) is 27.2. The average molecular weight is 1490 g/mol. The Morgan fingerprint density at radius 2 is 0.802 bits per heavy atom. The molecular weight excluding hydrogens is 1390 g/mol. The molecule has 0 aliphatic carbocycles. The molecule has 0 spiro atoms. The molecule has 2 aromatic heterocycles. The van der Waals surface area contributed by atoms with Crippen molar-refractivity contribution in [3.05, 3.63) is 72.3 Å². The molecule has 0 bridgehead atoms. The van der Waals surface area contributed by atoms with Crippen LogP contribution in [-0.2, 0) is 96.0 Å². The number of carboxylic acids is 2. The zero-order valence-electron chi connectivity index (χ0n) is 61.2. The number of nitrogens with one attached hydrogen (secondary N) is 14. The molecule has 3 rings (SSSR count). The number of carboxylic acid groups (broad SMARTS) is 2. The van der Waals surface area contributed by atoms with Gasteiger partial charge in [0.05, 0.1) is 31.7 Å².